The van der Waals surface area contributed by atoms with E-state index < -0.39 is 10.8 Å². The van der Waals surface area contributed by atoms with Crippen molar-refractivity contribution in [2.24, 2.45) is 5.73 Å². The zero-order valence-electron chi connectivity index (χ0n) is 6.47. The Labute approximate surface area is 80.1 Å². The molecule has 0 spiro atoms. The number of nitrogens with two attached hydrogens (primary N) is 1. The van der Waals surface area contributed by atoms with Gasteiger partial charge < -0.3 is 5.73 Å². The van der Waals surface area contributed by atoms with Crippen LogP contribution in [0.5, 0.6) is 0 Å². The molecular weight excluding hydrogens is 196 g/mol. The van der Waals surface area contributed by atoms with Crippen molar-refractivity contribution in [3.05, 3.63) is 39.9 Å². The number of non-ortho nitro benzene ring substituents is 1. The van der Waals surface area contributed by atoms with Gasteiger partial charge in [0, 0.05) is 17.7 Å². The van der Waals surface area contributed by atoms with Crippen molar-refractivity contribution in [3.63, 3.8) is 0 Å². The summed E-state index contributed by atoms with van der Waals surface area (Å²) in [6.07, 6.45) is 0. The molecule has 0 heterocycles. The van der Waals surface area contributed by atoms with Crippen molar-refractivity contribution in [2.45, 2.75) is 0 Å². The first kappa shape index (κ1) is 11.4. The van der Waals surface area contributed by atoms with Crippen LogP contribution >= 0.6 is 12.4 Å². The average molecular weight is 203 g/mol. The van der Waals surface area contributed by atoms with Crippen molar-refractivity contribution < 1.29 is 9.72 Å². The highest BCUT2D eigenvalue weighted by Crippen LogP contribution is 2.11. The van der Waals surface area contributed by atoms with Crippen LogP contribution in [-0.4, -0.2) is 10.8 Å². The van der Waals surface area contributed by atoms with Gasteiger partial charge in [-0.2, -0.15) is 0 Å². The van der Waals surface area contributed by atoms with E-state index in [9.17, 15) is 14.9 Å². The Hall–Kier alpha value is -1.62. The number of hydrogen-bond donors (Lipinski definition) is 1. The molecule has 0 saturated heterocycles. The number of carbonyl (C=O) groups is 1. The largest absolute Gasteiger partial charge is 0.366 e. The fourth-order valence-electron chi connectivity index (χ4n) is 0.773. The minimum absolute atomic E-state index is 0. The molecule has 0 bridgehead atoms. The van der Waals surface area contributed by atoms with Crippen LogP contribution in [0, 0.1) is 10.1 Å². The molecule has 0 aliphatic rings. The SMILES string of the molecule is Cl.NC(=O)c1cccc([N+](=O)[O-])c1. The number of rotatable bonds is 2. The molecule has 0 atom stereocenters. The maximum Gasteiger partial charge on any atom is 0.270 e. The van der Waals surface area contributed by atoms with E-state index in [1.807, 2.05) is 0 Å². The van der Waals surface area contributed by atoms with Gasteiger partial charge in [0.25, 0.3) is 5.69 Å². The van der Waals surface area contributed by atoms with E-state index in [2.05, 4.69) is 0 Å². The molecule has 5 nitrogen and oxygen atoms in total. The molecular formula is C7H7ClN2O3. The lowest BCUT2D eigenvalue weighted by atomic mass is 10.2. The zero-order valence-corrected chi connectivity index (χ0v) is 7.28. The molecule has 2 N–H and O–H groups in total. The van der Waals surface area contributed by atoms with Crippen molar-refractivity contribution in [1.29, 1.82) is 0 Å². The topological polar surface area (TPSA) is 86.2 Å². The van der Waals surface area contributed by atoms with Crippen LogP contribution in [0.4, 0.5) is 5.69 Å². The van der Waals surface area contributed by atoms with Crippen LogP contribution < -0.4 is 5.73 Å². The molecule has 0 aliphatic carbocycles. The summed E-state index contributed by atoms with van der Waals surface area (Å²) in [6.45, 7) is 0. The van der Waals surface area contributed by atoms with Crippen molar-refractivity contribution in [1.82, 2.24) is 0 Å². The maximum absolute atomic E-state index is 10.6. The van der Waals surface area contributed by atoms with Crippen molar-refractivity contribution in [3.8, 4) is 0 Å². The zero-order chi connectivity index (χ0) is 9.14. The second-order valence-corrected chi connectivity index (χ2v) is 2.17. The molecule has 0 radical (unpaired) electrons. The molecule has 1 aromatic rings. The number of primary amides is 1. The number of halogens is 1. The summed E-state index contributed by atoms with van der Waals surface area (Å²) in [6, 6.07) is 5.28. The summed E-state index contributed by atoms with van der Waals surface area (Å²) < 4.78 is 0. The van der Waals surface area contributed by atoms with Gasteiger partial charge in [-0.05, 0) is 6.07 Å². The fourth-order valence-corrected chi connectivity index (χ4v) is 0.773. The van der Waals surface area contributed by atoms with Gasteiger partial charge in [0.1, 0.15) is 0 Å². The summed E-state index contributed by atoms with van der Waals surface area (Å²) in [4.78, 5) is 20.2. The monoisotopic (exact) mass is 202 g/mol. The molecule has 0 aromatic heterocycles. The van der Waals surface area contributed by atoms with E-state index in [-0.39, 0.29) is 23.7 Å². The van der Waals surface area contributed by atoms with Crippen molar-refractivity contribution >= 4 is 24.0 Å². The van der Waals surface area contributed by atoms with Crippen LogP contribution in [0.25, 0.3) is 0 Å². The lowest BCUT2D eigenvalue weighted by Crippen LogP contribution is -2.10. The molecule has 1 rings (SSSR count). The van der Waals surface area contributed by atoms with Gasteiger partial charge in [-0.15, -0.1) is 12.4 Å². The van der Waals surface area contributed by atoms with E-state index in [0.717, 1.165) is 6.07 Å². The Morgan fingerprint density at radius 1 is 1.46 bits per heavy atom. The summed E-state index contributed by atoms with van der Waals surface area (Å²) in [5.74, 6) is -0.668. The van der Waals surface area contributed by atoms with Crippen LogP contribution in [0.2, 0.25) is 0 Å². The molecule has 0 fully saturated rings. The first-order valence-corrected chi connectivity index (χ1v) is 3.15. The molecule has 1 aromatic carbocycles. The van der Waals surface area contributed by atoms with Crippen LogP contribution in [0.3, 0.4) is 0 Å². The minimum atomic E-state index is -0.668. The van der Waals surface area contributed by atoms with Gasteiger partial charge in [0.05, 0.1) is 4.92 Å². The molecule has 70 valence electrons. The highest BCUT2D eigenvalue weighted by Gasteiger charge is 2.07. The van der Waals surface area contributed by atoms with Gasteiger partial charge in [-0.25, -0.2) is 0 Å². The Kier molecular flexibility index (Phi) is 3.87. The second kappa shape index (κ2) is 4.42. The number of nitro groups is 1. The Morgan fingerprint density at radius 2 is 2.08 bits per heavy atom. The first-order valence-electron chi connectivity index (χ1n) is 3.15. The summed E-state index contributed by atoms with van der Waals surface area (Å²) in [5.41, 5.74) is 4.93. The molecule has 0 unspecified atom stereocenters. The predicted octanol–water partition coefficient (Wildman–Crippen LogP) is 1.12. The highest BCUT2D eigenvalue weighted by atomic mass is 35.5. The van der Waals surface area contributed by atoms with E-state index in [1.54, 1.807) is 0 Å². The number of amides is 1. The number of benzene rings is 1. The number of hydrogen-bond acceptors (Lipinski definition) is 3. The van der Waals surface area contributed by atoms with Gasteiger partial charge in [0.15, 0.2) is 0 Å². The third kappa shape index (κ3) is 2.72. The smallest absolute Gasteiger partial charge is 0.270 e. The molecule has 0 aliphatic heterocycles. The maximum atomic E-state index is 10.6. The predicted molar refractivity (Wildman–Crippen MR) is 48.9 cm³/mol. The number of nitro benzene ring substituents is 1. The quantitative estimate of drug-likeness (QED) is 0.576. The molecule has 1 amide bonds. The summed E-state index contributed by atoms with van der Waals surface area (Å²) in [7, 11) is 0. The van der Waals surface area contributed by atoms with Crippen LogP contribution in [-0.2, 0) is 0 Å². The first-order chi connectivity index (χ1) is 5.61. The van der Waals surface area contributed by atoms with E-state index >= 15 is 0 Å². The number of nitrogens with zero attached hydrogens (tertiary/aromatic N) is 1. The lowest BCUT2D eigenvalue weighted by Gasteiger charge is -1.93. The lowest BCUT2D eigenvalue weighted by molar-refractivity contribution is -0.384. The van der Waals surface area contributed by atoms with E-state index in [0.29, 0.717) is 0 Å². The Morgan fingerprint density at radius 3 is 2.54 bits per heavy atom. The molecule has 0 saturated carbocycles. The van der Waals surface area contributed by atoms with Gasteiger partial charge >= 0.3 is 0 Å². The summed E-state index contributed by atoms with van der Waals surface area (Å²) in [5, 5.41) is 10.2. The van der Waals surface area contributed by atoms with Crippen LogP contribution in [0.1, 0.15) is 10.4 Å². The highest BCUT2D eigenvalue weighted by molar-refractivity contribution is 5.93. The second-order valence-electron chi connectivity index (χ2n) is 2.17. The third-order valence-electron chi connectivity index (χ3n) is 1.34. The van der Waals surface area contributed by atoms with Crippen molar-refractivity contribution in [2.75, 3.05) is 0 Å². The standard InChI is InChI=1S/C7H6N2O3.ClH/c8-7(10)5-2-1-3-6(4-5)9(11)12;/h1-4H,(H2,8,10);1H. The Balaban J connectivity index is 0.00000144. The summed E-state index contributed by atoms with van der Waals surface area (Å²) >= 11 is 0. The third-order valence-corrected chi connectivity index (χ3v) is 1.34. The average Bonchev–Trinajstić information content (AvgIpc) is 2.04. The minimum Gasteiger partial charge on any atom is -0.366 e. The van der Waals surface area contributed by atoms with E-state index in [4.69, 9.17) is 5.73 Å². The normalized spacial score (nSPS) is 8.62. The molecule has 6 heteroatoms. The van der Waals surface area contributed by atoms with Gasteiger partial charge in [-0.1, -0.05) is 6.07 Å². The Bertz CT molecular complexity index is 311. The molecule has 13 heavy (non-hydrogen) atoms. The van der Waals surface area contributed by atoms with Gasteiger partial charge in [0.2, 0.25) is 5.91 Å². The number of carbonyl (C=O) groups excluding carboxylic acids is 1. The fraction of sp³-hybridized carbons (Fsp3) is 0. The van der Waals surface area contributed by atoms with E-state index in [1.165, 1.54) is 18.2 Å². The van der Waals surface area contributed by atoms with Crippen LogP contribution in [0.15, 0.2) is 24.3 Å². The van der Waals surface area contributed by atoms with Gasteiger partial charge in [-0.3, -0.25) is 14.9 Å².